The zero-order chi connectivity index (χ0) is 15.1. The number of hydrogen-bond donors (Lipinski definition) is 1. The number of carbonyl (C=O) groups excluding carboxylic acids is 3. The Hall–Kier alpha value is -2.37. The van der Waals surface area contributed by atoms with Crippen molar-refractivity contribution >= 4 is 23.5 Å². The largest absolute Gasteiger partial charge is 0.462 e. The number of benzene rings is 1. The maximum atomic E-state index is 11.5. The molecule has 0 aliphatic carbocycles. The lowest BCUT2D eigenvalue weighted by atomic mass is 10.1. The average Bonchev–Trinajstić information content (AvgIpc) is 2.41. The fraction of sp³-hybridized carbons (Fsp3) is 0.357. The Morgan fingerprint density at radius 3 is 2.30 bits per heavy atom. The van der Waals surface area contributed by atoms with Crippen LogP contribution in [0.4, 0.5) is 5.69 Å². The van der Waals surface area contributed by atoms with Crippen molar-refractivity contribution in [3.8, 4) is 0 Å². The van der Waals surface area contributed by atoms with E-state index in [1.165, 1.54) is 6.07 Å². The van der Waals surface area contributed by atoms with Crippen molar-refractivity contribution in [3.05, 3.63) is 29.3 Å². The van der Waals surface area contributed by atoms with Crippen LogP contribution in [0.2, 0.25) is 0 Å². The molecule has 0 spiro atoms. The molecule has 0 atom stereocenters. The molecule has 1 rings (SSSR count). The third kappa shape index (κ3) is 4.08. The molecule has 0 bridgehead atoms. The average molecular weight is 279 g/mol. The number of esters is 2. The van der Waals surface area contributed by atoms with E-state index in [9.17, 15) is 14.4 Å². The van der Waals surface area contributed by atoms with Crippen molar-refractivity contribution in [2.75, 3.05) is 18.5 Å². The number of rotatable bonds is 4. The number of aryl methyl sites for hydroxylation is 1. The number of ether oxygens (including phenoxy) is 2. The number of nitrogens with one attached hydrogen (secondary N) is 1. The summed E-state index contributed by atoms with van der Waals surface area (Å²) in [5, 5.41) is 2.43. The Morgan fingerprint density at radius 2 is 1.75 bits per heavy atom. The van der Waals surface area contributed by atoms with Gasteiger partial charge >= 0.3 is 17.8 Å². The lowest BCUT2D eigenvalue weighted by Gasteiger charge is -2.09. The minimum Gasteiger partial charge on any atom is -0.462 e. The summed E-state index contributed by atoms with van der Waals surface area (Å²) in [6.07, 6.45) is 0. The van der Waals surface area contributed by atoms with Crippen molar-refractivity contribution in [1.82, 2.24) is 0 Å². The summed E-state index contributed by atoms with van der Waals surface area (Å²) < 4.78 is 9.46. The van der Waals surface area contributed by atoms with E-state index in [1.54, 1.807) is 32.9 Å². The van der Waals surface area contributed by atoms with E-state index in [-0.39, 0.29) is 6.61 Å². The van der Waals surface area contributed by atoms with Crippen LogP contribution in [0.3, 0.4) is 0 Å². The maximum Gasteiger partial charge on any atom is 0.397 e. The minimum absolute atomic E-state index is 0.132. The van der Waals surface area contributed by atoms with Crippen LogP contribution in [0, 0.1) is 6.92 Å². The van der Waals surface area contributed by atoms with Gasteiger partial charge in [-0.3, -0.25) is 4.79 Å². The molecule has 0 heterocycles. The van der Waals surface area contributed by atoms with Gasteiger partial charge in [0.15, 0.2) is 0 Å². The van der Waals surface area contributed by atoms with Gasteiger partial charge in [-0.15, -0.1) is 0 Å². The van der Waals surface area contributed by atoms with Gasteiger partial charge in [-0.2, -0.15) is 0 Å². The van der Waals surface area contributed by atoms with Gasteiger partial charge in [0.25, 0.3) is 0 Å². The first kappa shape index (κ1) is 15.7. The summed E-state index contributed by atoms with van der Waals surface area (Å²) in [5.41, 5.74) is 1.47. The highest BCUT2D eigenvalue weighted by Crippen LogP contribution is 2.17. The van der Waals surface area contributed by atoms with E-state index in [1.807, 2.05) is 0 Å². The van der Waals surface area contributed by atoms with E-state index in [0.29, 0.717) is 23.4 Å². The predicted octanol–water partition coefficient (Wildman–Crippen LogP) is 1.67. The molecule has 0 fully saturated rings. The van der Waals surface area contributed by atoms with E-state index < -0.39 is 17.8 Å². The highest BCUT2D eigenvalue weighted by atomic mass is 16.5. The Morgan fingerprint density at radius 1 is 1.10 bits per heavy atom. The second-order valence-corrected chi connectivity index (χ2v) is 3.92. The molecule has 0 saturated heterocycles. The number of amides is 1. The molecule has 20 heavy (non-hydrogen) atoms. The summed E-state index contributed by atoms with van der Waals surface area (Å²) in [4.78, 5) is 34.2. The normalized spacial score (nSPS) is 9.75. The van der Waals surface area contributed by atoms with E-state index >= 15 is 0 Å². The van der Waals surface area contributed by atoms with Gasteiger partial charge in [-0.05, 0) is 44.5 Å². The third-order valence-corrected chi connectivity index (χ3v) is 2.45. The Bertz CT molecular complexity index is 524. The van der Waals surface area contributed by atoms with E-state index in [2.05, 4.69) is 10.1 Å². The molecule has 1 amide bonds. The zero-order valence-electron chi connectivity index (χ0n) is 11.7. The first-order valence-electron chi connectivity index (χ1n) is 6.25. The zero-order valence-corrected chi connectivity index (χ0v) is 11.7. The molecule has 0 aliphatic rings. The van der Waals surface area contributed by atoms with Gasteiger partial charge < -0.3 is 14.8 Å². The number of carbonyl (C=O) groups is 3. The van der Waals surface area contributed by atoms with Gasteiger partial charge in [-0.1, -0.05) is 0 Å². The van der Waals surface area contributed by atoms with Crippen LogP contribution in [-0.4, -0.2) is 31.1 Å². The highest BCUT2D eigenvalue weighted by Gasteiger charge is 2.16. The molecule has 6 nitrogen and oxygen atoms in total. The fourth-order valence-electron chi connectivity index (χ4n) is 1.52. The lowest BCUT2D eigenvalue weighted by Crippen LogP contribution is -2.25. The molecule has 0 saturated carbocycles. The maximum absolute atomic E-state index is 11.5. The van der Waals surface area contributed by atoms with E-state index in [0.717, 1.165) is 0 Å². The molecule has 6 heteroatoms. The third-order valence-electron chi connectivity index (χ3n) is 2.45. The molecule has 0 aliphatic heterocycles. The number of hydrogen-bond acceptors (Lipinski definition) is 5. The highest BCUT2D eigenvalue weighted by molar-refractivity contribution is 6.37. The van der Waals surface area contributed by atoms with Crippen molar-refractivity contribution < 1.29 is 23.9 Å². The quantitative estimate of drug-likeness (QED) is 0.669. The van der Waals surface area contributed by atoms with Crippen LogP contribution in [-0.2, 0) is 19.1 Å². The van der Waals surface area contributed by atoms with Crippen LogP contribution >= 0.6 is 0 Å². The van der Waals surface area contributed by atoms with Crippen LogP contribution < -0.4 is 5.32 Å². The van der Waals surface area contributed by atoms with Crippen LogP contribution in [0.5, 0.6) is 0 Å². The molecule has 1 aromatic carbocycles. The molecular formula is C14H17NO5. The molecule has 0 unspecified atom stereocenters. The van der Waals surface area contributed by atoms with Crippen LogP contribution in [0.15, 0.2) is 18.2 Å². The molecular weight excluding hydrogens is 262 g/mol. The standard InChI is InChI=1S/C14H17NO5/c1-4-19-13(17)10-6-7-11(9(3)8-10)15-12(16)14(18)20-5-2/h6-8H,4-5H2,1-3H3,(H,15,16). The monoisotopic (exact) mass is 279 g/mol. The summed E-state index contributed by atoms with van der Waals surface area (Å²) in [6, 6.07) is 4.64. The van der Waals surface area contributed by atoms with Gasteiger partial charge in [0.05, 0.1) is 18.8 Å². The Labute approximate surface area is 117 Å². The van der Waals surface area contributed by atoms with Crippen molar-refractivity contribution in [1.29, 1.82) is 0 Å². The lowest BCUT2D eigenvalue weighted by molar-refractivity contribution is -0.152. The predicted molar refractivity (Wildman–Crippen MR) is 72.4 cm³/mol. The molecule has 0 radical (unpaired) electrons. The summed E-state index contributed by atoms with van der Waals surface area (Å²) >= 11 is 0. The summed E-state index contributed by atoms with van der Waals surface area (Å²) in [7, 11) is 0. The van der Waals surface area contributed by atoms with Crippen molar-refractivity contribution in [3.63, 3.8) is 0 Å². The summed E-state index contributed by atoms with van der Waals surface area (Å²) in [6.45, 7) is 5.47. The molecule has 0 aromatic heterocycles. The Kier molecular flexibility index (Phi) is 5.71. The molecule has 108 valence electrons. The topological polar surface area (TPSA) is 81.7 Å². The number of anilines is 1. The van der Waals surface area contributed by atoms with Crippen molar-refractivity contribution in [2.45, 2.75) is 20.8 Å². The van der Waals surface area contributed by atoms with Gasteiger partial charge in [-0.25, -0.2) is 9.59 Å². The molecule has 1 aromatic rings. The smallest absolute Gasteiger partial charge is 0.397 e. The van der Waals surface area contributed by atoms with Crippen LogP contribution in [0.1, 0.15) is 29.8 Å². The van der Waals surface area contributed by atoms with Crippen molar-refractivity contribution in [2.24, 2.45) is 0 Å². The summed E-state index contributed by atoms with van der Waals surface area (Å²) in [5.74, 6) is -2.22. The van der Waals surface area contributed by atoms with Crippen LogP contribution in [0.25, 0.3) is 0 Å². The van der Waals surface area contributed by atoms with Gasteiger partial charge in [0.2, 0.25) is 0 Å². The first-order chi connectivity index (χ1) is 9.49. The Balaban J connectivity index is 2.81. The second kappa shape index (κ2) is 7.28. The minimum atomic E-state index is -0.943. The van der Waals surface area contributed by atoms with Gasteiger partial charge in [0, 0.05) is 5.69 Å². The van der Waals surface area contributed by atoms with E-state index in [4.69, 9.17) is 4.74 Å². The molecule has 1 N–H and O–H groups in total. The SMILES string of the molecule is CCOC(=O)C(=O)Nc1ccc(C(=O)OCC)cc1C. The second-order valence-electron chi connectivity index (χ2n) is 3.92. The first-order valence-corrected chi connectivity index (χ1v) is 6.25. The fourth-order valence-corrected chi connectivity index (χ4v) is 1.52. The van der Waals surface area contributed by atoms with Gasteiger partial charge in [0.1, 0.15) is 0 Å².